The van der Waals surface area contributed by atoms with E-state index in [4.69, 9.17) is 9.47 Å². The van der Waals surface area contributed by atoms with Gasteiger partial charge in [-0.2, -0.15) is 10.2 Å². The average molecular weight is 635 g/mol. The Morgan fingerprint density at radius 1 is 0.750 bits per heavy atom. The van der Waals surface area contributed by atoms with Crippen LogP contribution in [-0.2, 0) is 19.1 Å². The standard InChI is InChI=1S/2C13H17F2N3O4/c2*1-2-22-13(19)8-3-5-9(6-4-8)17-7-10(18(20)21)11(16-17)12(14)15/h2*7-9,12H,2-6H2,1H3. The van der Waals surface area contributed by atoms with Gasteiger partial charge in [-0.05, 0) is 65.2 Å². The molecule has 0 aromatic carbocycles. The molecule has 4 rings (SSSR count). The number of carbonyl (C=O) groups excluding carboxylic acids is 2. The van der Waals surface area contributed by atoms with Crippen molar-refractivity contribution in [2.75, 3.05) is 13.2 Å². The largest absolute Gasteiger partial charge is 0.466 e. The van der Waals surface area contributed by atoms with Gasteiger partial charge < -0.3 is 9.47 Å². The summed E-state index contributed by atoms with van der Waals surface area (Å²) in [7, 11) is 0. The van der Waals surface area contributed by atoms with Gasteiger partial charge in [0, 0.05) is 0 Å². The smallest absolute Gasteiger partial charge is 0.316 e. The molecule has 0 bridgehead atoms. The summed E-state index contributed by atoms with van der Waals surface area (Å²) in [6.07, 6.45) is 0.541. The topological polar surface area (TPSA) is 175 Å². The van der Waals surface area contributed by atoms with Gasteiger partial charge in [0.2, 0.25) is 11.4 Å². The fourth-order valence-electron chi connectivity index (χ4n) is 5.43. The number of hydrogen-bond donors (Lipinski definition) is 0. The molecular weight excluding hydrogens is 600 g/mol. The molecule has 0 N–H and O–H groups in total. The van der Waals surface area contributed by atoms with E-state index >= 15 is 0 Å². The van der Waals surface area contributed by atoms with Crippen LogP contribution in [0.1, 0.15) is 102 Å². The predicted molar refractivity (Wildman–Crippen MR) is 143 cm³/mol. The highest BCUT2D eigenvalue weighted by molar-refractivity contribution is 5.72. The summed E-state index contributed by atoms with van der Waals surface area (Å²) in [4.78, 5) is 43.2. The van der Waals surface area contributed by atoms with Crippen molar-refractivity contribution in [2.45, 2.75) is 90.1 Å². The first-order chi connectivity index (χ1) is 20.9. The highest BCUT2D eigenvalue weighted by Gasteiger charge is 2.34. The first-order valence-electron chi connectivity index (χ1n) is 14.2. The van der Waals surface area contributed by atoms with Gasteiger partial charge in [0.15, 0.2) is 0 Å². The second kappa shape index (κ2) is 15.6. The third-order valence-corrected chi connectivity index (χ3v) is 7.67. The van der Waals surface area contributed by atoms with Crippen molar-refractivity contribution in [3.63, 3.8) is 0 Å². The summed E-state index contributed by atoms with van der Waals surface area (Å²) in [5.74, 6) is -0.894. The van der Waals surface area contributed by atoms with E-state index in [0.29, 0.717) is 64.6 Å². The molecule has 14 nitrogen and oxygen atoms in total. The number of alkyl halides is 4. The minimum atomic E-state index is -2.99. The number of hydrogen-bond acceptors (Lipinski definition) is 10. The van der Waals surface area contributed by atoms with Gasteiger partial charge in [0.1, 0.15) is 12.4 Å². The number of nitro groups is 2. The molecule has 0 amide bonds. The normalized spacial score (nSPS) is 21.8. The Morgan fingerprint density at radius 2 is 1.07 bits per heavy atom. The van der Waals surface area contributed by atoms with E-state index in [1.807, 2.05) is 0 Å². The van der Waals surface area contributed by atoms with Crippen molar-refractivity contribution >= 4 is 23.3 Å². The van der Waals surface area contributed by atoms with Gasteiger partial charge in [0.25, 0.3) is 12.9 Å². The van der Waals surface area contributed by atoms with E-state index in [0.717, 1.165) is 12.4 Å². The van der Waals surface area contributed by atoms with Crippen LogP contribution in [0, 0.1) is 32.1 Å². The van der Waals surface area contributed by atoms with Crippen molar-refractivity contribution in [1.82, 2.24) is 19.6 Å². The van der Waals surface area contributed by atoms with E-state index in [-0.39, 0.29) is 35.9 Å². The summed E-state index contributed by atoms with van der Waals surface area (Å²) in [5.41, 5.74) is -2.94. The molecule has 0 unspecified atom stereocenters. The fraction of sp³-hybridized carbons (Fsp3) is 0.692. The zero-order valence-corrected chi connectivity index (χ0v) is 24.2. The summed E-state index contributed by atoms with van der Waals surface area (Å²) in [5, 5.41) is 28.9. The number of rotatable bonds is 10. The van der Waals surface area contributed by atoms with Crippen LogP contribution in [0.15, 0.2) is 12.4 Å². The Labute approximate surface area is 249 Å². The van der Waals surface area contributed by atoms with E-state index in [1.165, 1.54) is 9.36 Å². The van der Waals surface area contributed by atoms with Crippen LogP contribution in [0.2, 0.25) is 0 Å². The van der Waals surface area contributed by atoms with Crippen LogP contribution in [0.25, 0.3) is 0 Å². The number of halogens is 4. The molecule has 44 heavy (non-hydrogen) atoms. The van der Waals surface area contributed by atoms with Crippen molar-refractivity contribution in [1.29, 1.82) is 0 Å². The maximum absolute atomic E-state index is 12.8. The molecule has 0 spiro atoms. The molecule has 18 heteroatoms. The fourth-order valence-corrected chi connectivity index (χ4v) is 5.43. The van der Waals surface area contributed by atoms with Gasteiger partial charge in [-0.25, -0.2) is 17.6 Å². The van der Waals surface area contributed by atoms with Crippen LogP contribution < -0.4 is 0 Å². The molecule has 2 saturated carbocycles. The molecule has 2 aliphatic rings. The quantitative estimate of drug-likeness (QED) is 0.130. The third kappa shape index (κ3) is 8.49. The number of ether oxygens (including phenoxy) is 2. The Morgan fingerprint density at radius 3 is 1.30 bits per heavy atom. The van der Waals surface area contributed by atoms with E-state index in [1.54, 1.807) is 13.8 Å². The zero-order valence-electron chi connectivity index (χ0n) is 24.2. The Kier molecular flexibility index (Phi) is 12.2. The van der Waals surface area contributed by atoms with E-state index in [2.05, 4.69) is 10.2 Å². The van der Waals surface area contributed by atoms with Crippen LogP contribution in [-0.4, -0.2) is 54.6 Å². The lowest BCUT2D eigenvalue weighted by atomic mass is 9.86. The van der Waals surface area contributed by atoms with Gasteiger partial charge in [0.05, 0.1) is 47.0 Å². The first kappa shape index (κ1) is 34.4. The lowest BCUT2D eigenvalue weighted by Gasteiger charge is -2.27. The third-order valence-electron chi connectivity index (χ3n) is 7.67. The summed E-state index contributed by atoms with van der Waals surface area (Å²) < 4.78 is 63.5. The second-order valence-electron chi connectivity index (χ2n) is 10.4. The number of nitrogens with zero attached hydrogens (tertiary/aromatic N) is 6. The molecule has 0 aliphatic heterocycles. The highest BCUT2D eigenvalue weighted by Crippen LogP contribution is 2.37. The van der Waals surface area contributed by atoms with Gasteiger partial charge in [-0.3, -0.25) is 39.2 Å². The van der Waals surface area contributed by atoms with E-state index < -0.39 is 45.5 Å². The molecule has 2 heterocycles. The Balaban J connectivity index is 0.000000240. The Hall–Kier alpha value is -4.12. The lowest BCUT2D eigenvalue weighted by Crippen LogP contribution is -2.25. The number of aromatic nitrogens is 4. The van der Waals surface area contributed by atoms with Crippen molar-refractivity contribution in [3.8, 4) is 0 Å². The van der Waals surface area contributed by atoms with Crippen LogP contribution >= 0.6 is 0 Å². The molecule has 2 aromatic heterocycles. The molecule has 2 aromatic rings. The molecule has 2 fully saturated rings. The molecule has 0 radical (unpaired) electrons. The predicted octanol–water partition coefficient (Wildman–Crippen LogP) is 6.05. The maximum Gasteiger partial charge on any atom is 0.316 e. The summed E-state index contributed by atoms with van der Waals surface area (Å²) >= 11 is 0. The summed E-state index contributed by atoms with van der Waals surface area (Å²) in [6.45, 7) is 4.11. The van der Waals surface area contributed by atoms with Crippen LogP contribution in [0.5, 0.6) is 0 Å². The van der Waals surface area contributed by atoms with Crippen LogP contribution in [0.3, 0.4) is 0 Å². The van der Waals surface area contributed by atoms with Gasteiger partial charge in [-0.15, -0.1) is 0 Å². The Bertz CT molecular complexity index is 1210. The molecule has 0 saturated heterocycles. The van der Waals surface area contributed by atoms with Crippen molar-refractivity contribution < 1.29 is 46.5 Å². The zero-order chi connectivity index (χ0) is 32.6. The van der Waals surface area contributed by atoms with Crippen LogP contribution in [0.4, 0.5) is 28.9 Å². The maximum atomic E-state index is 12.8. The highest BCUT2D eigenvalue weighted by atomic mass is 19.3. The van der Waals surface area contributed by atoms with Gasteiger partial charge >= 0.3 is 23.3 Å². The van der Waals surface area contributed by atoms with Gasteiger partial charge in [-0.1, -0.05) is 0 Å². The van der Waals surface area contributed by atoms with Crippen molar-refractivity contribution in [3.05, 3.63) is 44.0 Å². The molecule has 2 aliphatic carbocycles. The average Bonchev–Trinajstić information content (AvgIpc) is 3.65. The SMILES string of the molecule is CCOC(=O)C1CCC(n2cc([N+](=O)[O-])c(C(F)F)n2)CC1.CCOC(=O)C1CCC(n2cc([N+](=O)[O-])c(C(F)F)n2)CC1. The molecule has 244 valence electrons. The number of esters is 2. The monoisotopic (exact) mass is 634 g/mol. The molecule has 0 atom stereocenters. The lowest BCUT2D eigenvalue weighted by molar-refractivity contribution is -0.386. The summed E-state index contributed by atoms with van der Waals surface area (Å²) in [6, 6.07) is -0.422. The number of carbonyl (C=O) groups is 2. The minimum absolute atomic E-state index is 0.198. The minimum Gasteiger partial charge on any atom is -0.466 e. The first-order valence-corrected chi connectivity index (χ1v) is 14.2. The molecular formula is C26H34F4N6O8. The second-order valence-corrected chi connectivity index (χ2v) is 10.4. The van der Waals surface area contributed by atoms with E-state index in [9.17, 15) is 47.4 Å². The van der Waals surface area contributed by atoms with Crippen molar-refractivity contribution in [2.24, 2.45) is 11.8 Å².